The topological polar surface area (TPSA) is 49.4 Å². The van der Waals surface area contributed by atoms with Crippen molar-refractivity contribution >= 4 is 11.9 Å². The van der Waals surface area contributed by atoms with Crippen molar-refractivity contribution in [1.29, 1.82) is 0 Å². The van der Waals surface area contributed by atoms with E-state index in [2.05, 4.69) is 31.3 Å². The van der Waals surface area contributed by atoms with E-state index in [1.165, 1.54) is 4.90 Å². The highest BCUT2D eigenvalue weighted by molar-refractivity contribution is 5.98. The summed E-state index contributed by atoms with van der Waals surface area (Å²) in [5.41, 5.74) is 2.87. The molecule has 0 aromatic heterocycles. The standard InChI is InChI=1S/C29H32N2O2/c1-20(22-14-8-5-9-15-22)30-28(33)31(21(2)23-16-10-6-11-17-23)27(32)26-25(29(26,3)4)24-18-12-7-13-19-24/h5-21,25-26H,1-4H3,(H,30,33)/t20-,21-,25-,26+/m0/s1. The van der Waals surface area contributed by atoms with Gasteiger partial charge in [0.1, 0.15) is 0 Å². The number of nitrogens with one attached hydrogen (secondary N) is 1. The highest BCUT2D eigenvalue weighted by atomic mass is 16.2. The minimum Gasteiger partial charge on any atom is -0.331 e. The summed E-state index contributed by atoms with van der Waals surface area (Å²) in [6.07, 6.45) is 0. The van der Waals surface area contributed by atoms with E-state index in [1.54, 1.807) is 0 Å². The second-order valence-corrected chi connectivity index (χ2v) is 9.56. The number of hydrogen-bond acceptors (Lipinski definition) is 2. The molecule has 0 unspecified atom stereocenters. The van der Waals surface area contributed by atoms with Gasteiger partial charge in [-0.05, 0) is 36.0 Å². The van der Waals surface area contributed by atoms with Crippen LogP contribution in [-0.4, -0.2) is 16.8 Å². The van der Waals surface area contributed by atoms with Crippen molar-refractivity contribution in [1.82, 2.24) is 10.2 Å². The monoisotopic (exact) mass is 440 g/mol. The molecule has 1 fully saturated rings. The minimum absolute atomic E-state index is 0.0935. The Hall–Kier alpha value is -3.40. The maximum Gasteiger partial charge on any atom is 0.325 e. The lowest BCUT2D eigenvalue weighted by Crippen LogP contribution is -2.47. The van der Waals surface area contributed by atoms with E-state index in [-0.39, 0.29) is 41.3 Å². The summed E-state index contributed by atoms with van der Waals surface area (Å²) in [6.45, 7) is 8.09. The lowest BCUT2D eigenvalue weighted by molar-refractivity contribution is -0.132. The fourth-order valence-corrected chi connectivity index (χ4v) is 4.96. The van der Waals surface area contributed by atoms with Crippen molar-refractivity contribution in [2.24, 2.45) is 11.3 Å². The Morgan fingerprint density at radius 3 is 1.82 bits per heavy atom. The van der Waals surface area contributed by atoms with Gasteiger partial charge >= 0.3 is 6.03 Å². The SMILES string of the molecule is C[C@H](NC(=O)N(C(=O)[C@H]1[C@H](c2ccccc2)C1(C)C)[C@@H](C)c1ccccc1)c1ccccc1. The predicted molar refractivity (Wildman–Crippen MR) is 132 cm³/mol. The molecular formula is C29H32N2O2. The van der Waals surface area contributed by atoms with Crippen LogP contribution in [0.15, 0.2) is 91.0 Å². The van der Waals surface area contributed by atoms with Crippen LogP contribution in [0.2, 0.25) is 0 Å². The normalized spacial score (nSPS) is 20.4. The molecule has 1 saturated carbocycles. The molecule has 170 valence electrons. The molecule has 1 aliphatic carbocycles. The van der Waals surface area contributed by atoms with Crippen molar-refractivity contribution in [2.75, 3.05) is 0 Å². The molecule has 3 amide bonds. The molecule has 1 N–H and O–H groups in total. The minimum atomic E-state index is -0.380. The van der Waals surface area contributed by atoms with E-state index >= 15 is 0 Å². The van der Waals surface area contributed by atoms with Crippen LogP contribution >= 0.6 is 0 Å². The third-order valence-corrected chi connectivity index (χ3v) is 7.02. The van der Waals surface area contributed by atoms with E-state index in [0.717, 1.165) is 16.7 Å². The third-order valence-electron chi connectivity index (χ3n) is 7.02. The van der Waals surface area contributed by atoms with E-state index in [4.69, 9.17) is 0 Å². The largest absolute Gasteiger partial charge is 0.331 e. The van der Waals surface area contributed by atoms with E-state index in [9.17, 15) is 9.59 Å². The Morgan fingerprint density at radius 1 is 0.788 bits per heavy atom. The fraction of sp³-hybridized carbons (Fsp3) is 0.310. The van der Waals surface area contributed by atoms with E-state index in [0.29, 0.717) is 0 Å². The Balaban J connectivity index is 1.63. The number of urea groups is 1. The van der Waals surface area contributed by atoms with E-state index in [1.807, 2.05) is 92.7 Å². The molecule has 0 radical (unpaired) electrons. The molecule has 4 atom stereocenters. The van der Waals surface area contributed by atoms with Gasteiger partial charge in [0.05, 0.1) is 18.0 Å². The van der Waals surface area contributed by atoms with Gasteiger partial charge in [-0.2, -0.15) is 0 Å². The Labute approximate surface area is 196 Å². The van der Waals surface area contributed by atoms with Crippen LogP contribution in [0.4, 0.5) is 4.79 Å². The summed E-state index contributed by atoms with van der Waals surface area (Å²) in [7, 11) is 0. The van der Waals surface area contributed by atoms with Gasteiger partial charge in [0, 0.05) is 5.92 Å². The highest BCUT2D eigenvalue weighted by Gasteiger charge is 2.63. The molecule has 0 saturated heterocycles. The number of carbonyl (C=O) groups is 2. The van der Waals surface area contributed by atoms with Crippen molar-refractivity contribution in [2.45, 2.75) is 45.7 Å². The zero-order chi connectivity index (χ0) is 23.6. The zero-order valence-electron chi connectivity index (χ0n) is 19.7. The Bertz CT molecular complexity index is 1100. The van der Waals surface area contributed by atoms with Gasteiger partial charge in [0.2, 0.25) is 5.91 Å². The number of amides is 3. The lowest BCUT2D eigenvalue weighted by Gasteiger charge is -2.30. The van der Waals surface area contributed by atoms with Crippen LogP contribution in [0.25, 0.3) is 0 Å². The van der Waals surface area contributed by atoms with Gasteiger partial charge in [-0.1, -0.05) is 105 Å². The van der Waals surface area contributed by atoms with Crippen LogP contribution in [0.5, 0.6) is 0 Å². The number of benzene rings is 3. The van der Waals surface area contributed by atoms with Crippen molar-refractivity contribution < 1.29 is 9.59 Å². The second kappa shape index (κ2) is 9.22. The lowest BCUT2D eigenvalue weighted by atomic mass is 10.0. The van der Waals surface area contributed by atoms with Crippen LogP contribution in [-0.2, 0) is 4.79 Å². The van der Waals surface area contributed by atoms with Crippen LogP contribution in [0.1, 0.15) is 62.4 Å². The summed E-state index contributed by atoms with van der Waals surface area (Å²) in [4.78, 5) is 28.9. The molecule has 3 aromatic carbocycles. The summed E-state index contributed by atoms with van der Waals surface area (Å²) in [5, 5.41) is 3.06. The third kappa shape index (κ3) is 4.56. The van der Waals surface area contributed by atoms with Gasteiger partial charge in [-0.25, -0.2) is 4.79 Å². The van der Waals surface area contributed by atoms with E-state index < -0.39 is 0 Å². The first-order chi connectivity index (χ1) is 15.8. The summed E-state index contributed by atoms with van der Waals surface area (Å²) in [5.74, 6) is -0.275. The molecule has 3 aromatic rings. The molecule has 0 bridgehead atoms. The predicted octanol–water partition coefficient (Wildman–Crippen LogP) is 6.49. The van der Waals surface area contributed by atoms with Crippen LogP contribution < -0.4 is 5.32 Å². The molecule has 4 heteroatoms. The van der Waals surface area contributed by atoms with Crippen molar-refractivity contribution in [3.8, 4) is 0 Å². The first kappa shape index (κ1) is 22.8. The molecule has 4 rings (SSSR count). The quantitative estimate of drug-likeness (QED) is 0.476. The first-order valence-corrected chi connectivity index (χ1v) is 11.6. The molecular weight excluding hydrogens is 408 g/mol. The smallest absolute Gasteiger partial charge is 0.325 e. The summed E-state index contributed by atoms with van der Waals surface area (Å²) >= 11 is 0. The maximum atomic E-state index is 13.9. The average Bonchev–Trinajstić information content (AvgIpc) is 3.42. The average molecular weight is 441 g/mol. The van der Waals surface area contributed by atoms with Gasteiger partial charge in [-0.15, -0.1) is 0 Å². The number of imide groups is 1. The number of nitrogens with zero attached hydrogens (tertiary/aromatic N) is 1. The molecule has 0 heterocycles. The molecule has 33 heavy (non-hydrogen) atoms. The Kier molecular flexibility index (Phi) is 6.37. The maximum absolute atomic E-state index is 13.9. The zero-order valence-corrected chi connectivity index (χ0v) is 19.7. The fourth-order valence-electron chi connectivity index (χ4n) is 4.96. The van der Waals surface area contributed by atoms with Crippen LogP contribution in [0.3, 0.4) is 0 Å². The summed E-state index contributed by atoms with van der Waals surface area (Å²) in [6, 6.07) is 28.7. The molecule has 0 aliphatic heterocycles. The Morgan fingerprint density at radius 2 is 1.27 bits per heavy atom. The summed E-state index contributed by atoms with van der Waals surface area (Å²) < 4.78 is 0. The highest BCUT2D eigenvalue weighted by Crippen LogP contribution is 2.65. The van der Waals surface area contributed by atoms with Crippen molar-refractivity contribution in [3.05, 3.63) is 108 Å². The molecule has 1 aliphatic rings. The second-order valence-electron chi connectivity index (χ2n) is 9.56. The molecule has 0 spiro atoms. The van der Waals surface area contributed by atoms with Gasteiger partial charge in [-0.3, -0.25) is 9.69 Å². The van der Waals surface area contributed by atoms with Gasteiger partial charge in [0.25, 0.3) is 0 Å². The van der Waals surface area contributed by atoms with Gasteiger partial charge < -0.3 is 5.32 Å². The number of rotatable bonds is 6. The number of carbonyl (C=O) groups excluding carboxylic acids is 2. The van der Waals surface area contributed by atoms with Crippen LogP contribution in [0, 0.1) is 11.3 Å². The molecule has 4 nitrogen and oxygen atoms in total. The van der Waals surface area contributed by atoms with Gasteiger partial charge in [0.15, 0.2) is 0 Å². The first-order valence-electron chi connectivity index (χ1n) is 11.6. The number of hydrogen-bond donors (Lipinski definition) is 1. The van der Waals surface area contributed by atoms with Crippen molar-refractivity contribution in [3.63, 3.8) is 0 Å².